The van der Waals surface area contributed by atoms with Crippen LogP contribution in [0.3, 0.4) is 0 Å². The van der Waals surface area contributed by atoms with E-state index in [1.165, 1.54) is 11.3 Å². The van der Waals surface area contributed by atoms with E-state index in [9.17, 15) is 4.79 Å². The predicted molar refractivity (Wildman–Crippen MR) is 65.9 cm³/mol. The number of rotatable bonds is 0. The zero-order valence-electron chi connectivity index (χ0n) is 10.8. The summed E-state index contributed by atoms with van der Waals surface area (Å²) in [6, 6.07) is 0. The molecule has 0 aromatic rings. The largest absolute Gasteiger partial charge is 0.331 e. The lowest BCUT2D eigenvalue weighted by Crippen LogP contribution is -2.47. The molecule has 0 radical (unpaired) electrons. The van der Waals surface area contributed by atoms with Crippen molar-refractivity contribution in [2.75, 3.05) is 33.7 Å². The van der Waals surface area contributed by atoms with Gasteiger partial charge < -0.3 is 9.80 Å². The van der Waals surface area contributed by atoms with Crippen molar-refractivity contribution in [2.24, 2.45) is 0 Å². The molecule has 3 aliphatic heterocycles. The Morgan fingerprint density at radius 3 is 2.65 bits per heavy atom. The third-order valence-electron chi connectivity index (χ3n) is 4.06. The van der Waals surface area contributed by atoms with E-state index in [1.54, 1.807) is 0 Å². The molecule has 0 N–H and O–H groups in total. The van der Waals surface area contributed by atoms with Crippen LogP contribution >= 0.6 is 0 Å². The summed E-state index contributed by atoms with van der Waals surface area (Å²) in [4.78, 5) is 18.8. The molecular weight excluding hydrogens is 214 g/mol. The molecule has 3 aliphatic rings. The van der Waals surface area contributed by atoms with E-state index in [0.717, 1.165) is 43.9 Å². The maximum absolute atomic E-state index is 12.4. The summed E-state index contributed by atoms with van der Waals surface area (Å²) in [5.74, 6) is 1.33. The van der Waals surface area contributed by atoms with Gasteiger partial charge in [-0.1, -0.05) is 0 Å². The van der Waals surface area contributed by atoms with Crippen LogP contribution in [-0.2, 0) is 4.79 Å². The third kappa shape index (κ3) is 1.43. The highest BCUT2D eigenvalue weighted by Gasteiger charge is 2.38. The molecule has 0 fully saturated rings. The first-order chi connectivity index (χ1) is 8.09. The van der Waals surface area contributed by atoms with Crippen molar-refractivity contribution in [3.05, 3.63) is 22.7 Å². The van der Waals surface area contributed by atoms with Gasteiger partial charge in [0.25, 0.3) is 5.91 Å². The molecule has 1 amide bonds. The molecule has 0 saturated carbocycles. The summed E-state index contributed by atoms with van der Waals surface area (Å²) in [5, 5.41) is 0. The molecule has 3 heterocycles. The Kier molecular flexibility index (Phi) is 2.30. The van der Waals surface area contributed by atoms with Crippen LogP contribution < -0.4 is 0 Å². The summed E-state index contributed by atoms with van der Waals surface area (Å²) >= 11 is 0. The minimum atomic E-state index is 0.194. The van der Waals surface area contributed by atoms with Gasteiger partial charge in [0.2, 0.25) is 0 Å². The Hall–Kier alpha value is -1.29. The van der Waals surface area contributed by atoms with Gasteiger partial charge in [0.05, 0.1) is 5.57 Å². The van der Waals surface area contributed by atoms with E-state index in [-0.39, 0.29) is 5.91 Å². The fourth-order valence-corrected chi connectivity index (χ4v) is 3.13. The van der Waals surface area contributed by atoms with Crippen molar-refractivity contribution in [3.63, 3.8) is 0 Å². The normalized spacial score (nSPS) is 25.7. The second-order valence-electron chi connectivity index (χ2n) is 5.28. The van der Waals surface area contributed by atoms with Gasteiger partial charge in [0, 0.05) is 38.8 Å². The fourth-order valence-electron chi connectivity index (χ4n) is 3.13. The summed E-state index contributed by atoms with van der Waals surface area (Å²) in [6.07, 6.45) is 2.09. The first-order valence-corrected chi connectivity index (χ1v) is 6.25. The quantitative estimate of drug-likeness (QED) is 0.624. The van der Waals surface area contributed by atoms with Gasteiger partial charge >= 0.3 is 0 Å². The van der Waals surface area contributed by atoms with Crippen molar-refractivity contribution in [1.82, 2.24) is 14.7 Å². The molecule has 0 bridgehead atoms. The van der Waals surface area contributed by atoms with Crippen LogP contribution in [0.15, 0.2) is 22.7 Å². The van der Waals surface area contributed by atoms with E-state index in [4.69, 9.17) is 0 Å². The van der Waals surface area contributed by atoms with E-state index < -0.39 is 0 Å². The lowest BCUT2D eigenvalue weighted by Gasteiger charge is -2.41. The van der Waals surface area contributed by atoms with Crippen molar-refractivity contribution in [3.8, 4) is 0 Å². The van der Waals surface area contributed by atoms with Crippen molar-refractivity contribution >= 4 is 5.91 Å². The molecule has 0 unspecified atom stereocenters. The van der Waals surface area contributed by atoms with Crippen molar-refractivity contribution in [2.45, 2.75) is 19.8 Å². The number of likely N-dealkylation sites (N-methyl/N-ethyl adjacent to an activating group) is 2. The average Bonchev–Trinajstić information content (AvgIpc) is 2.68. The summed E-state index contributed by atoms with van der Waals surface area (Å²) in [5.41, 5.74) is 3.61. The molecule has 0 atom stereocenters. The molecular formula is C13H19N3O. The first-order valence-electron chi connectivity index (χ1n) is 6.25. The number of carbonyl (C=O) groups is 1. The highest BCUT2D eigenvalue weighted by molar-refractivity contribution is 5.97. The standard InChI is InChI=1S/C13H19N3O/c1-9-4-7-16-11-5-6-14(2)8-10(11)13(17)15(3)12(9)16/h4-8H2,1-3H3. The van der Waals surface area contributed by atoms with Crippen LogP contribution in [0, 0.1) is 0 Å². The smallest absolute Gasteiger partial charge is 0.258 e. The van der Waals surface area contributed by atoms with Crippen LogP contribution in [0.5, 0.6) is 0 Å². The Bertz CT molecular complexity index is 450. The molecule has 0 saturated heterocycles. The van der Waals surface area contributed by atoms with Crippen molar-refractivity contribution < 1.29 is 4.79 Å². The molecule has 3 rings (SSSR count). The van der Waals surface area contributed by atoms with E-state index in [2.05, 4.69) is 23.8 Å². The van der Waals surface area contributed by atoms with E-state index in [0.29, 0.717) is 0 Å². The summed E-state index contributed by atoms with van der Waals surface area (Å²) < 4.78 is 0. The maximum atomic E-state index is 12.4. The molecule has 4 heteroatoms. The van der Waals surface area contributed by atoms with Gasteiger partial charge in [-0.2, -0.15) is 0 Å². The zero-order chi connectivity index (χ0) is 12.2. The number of hydrogen-bond donors (Lipinski definition) is 0. The molecule has 0 spiro atoms. The van der Waals surface area contributed by atoms with Crippen LogP contribution in [0.25, 0.3) is 0 Å². The van der Waals surface area contributed by atoms with Gasteiger partial charge in [-0.25, -0.2) is 0 Å². The van der Waals surface area contributed by atoms with Crippen molar-refractivity contribution in [1.29, 1.82) is 0 Å². The lowest BCUT2D eigenvalue weighted by molar-refractivity contribution is -0.126. The number of fused-ring (bicyclic) bond motifs is 2. The van der Waals surface area contributed by atoms with Crippen LogP contribution in [0.2, 0.25) is 0 Å². The van der Waals surface area contributed by atoms with Crippen LogP contribution in [0.4, 0.5) is 0 Å². The maximum Gasteiger partial charge on any atom is 0.258 e. The van der Waals surface area contributed by atoms with Gasteiger partial charge in [-0.3, -0.25) is 9.69 Å². The number of nitrogens with zero attached hydrogens (tertiary/aromatic N) is 3. The van der Waals surface area contributed by atoms with E-state index >= 15 is 0 Å². The zero-order valence-corrected chi connectivity index (χ0v) is 10.8. The second kappa shape index (κ2) is 3.60. The van der Waals surface area contributed by atoms with Crippen LogP contribution in [0.1, 0.15) is 19.8 Å². The molecule has 0 aliphatic carbocycles. The first kappa shape index (κ1) is 10.8. The second-order valence-corrected chi connectivity index (χ2v) is 5.28. The molecule has 92 valence electrons. The molecule has 17 heavy (non-hydrogen) atoms. The monoisotopic (exact) mass is 233 g/mol. The van der Waals surface area contributed by atoms with Gasteiger partial charge in [0.15, 0.2) is 0 Å². The molecule has 4 nitrogen and oxygen atoms in total. The highest BCUT2D eigenvalue weighted by Crippen LogP contribution is 2.37. The Labute approximate surface area is 102 Å². The number of carbonyl (C=O) groups excluding carboxylic acids is 1. The number of amides is 1. The summed E-state index contributed by atoms with van der Waals surface area (Å²) in [7, 11) is 3.98. The third-order valence-corrected chi connectivity index (χ3v) is 4.06. The van der Waals surface area contributed by atoms with Crippen LogP contribution in [-0.4, -0.2) is 54.3 Å². The number of hydrogen-bond acceptors (Lipinski definition) is 3. The lowest BCUT2D eigenvalue weighted by atomic mass is 10.0. The van der Waals surface area contributed by atoms with E-state index in [1.807, 2.05) is 11.9 Å². The average molecular weight is 233 g/mol. The SMILES string of the molecule is CC1=C2N(C)C(=O)C3=C(CCN(C)C3)N2CC1. The Balaban J connectivity index is 2.09. The predicted octanol–water partition coefficient (Wildman–Crippen LogP) is 0.985. The summed E-state index contributed by atoms with van der Waals surface area (Å²) in [6.45, 7) is 5.03. The highest BCUT2D eigenvalue weighted by atomic mass is 16.2. The minimum absolute atomic E-state index is 0.194. The fraction of sp³-hybridized carbons (Fsp3) is 0.615. The topological polar surface area (TPSA) is 26.8 Å². The van der Waals surface area contributed by atoms with Gasteiger partial charge in [-0.15, -0.1) is 0 Å². The Morgan fingerprint density at radius 1 is 1.12 bits per heavy atom. The molecule has 0 aromatic carbocycles. The molecule has 0 aromatic heterocycles. The van der Waals surface area contributed by atoms with Gasteiger partial charge in [0.1, 0.15) is 5.82 Å². The minimum Gasteiger partial charge on any atom is -0.331 e. The Morgan fingerprint density at radius 2 is 1.88 bits per heavy atom. The van der Waals surface area contributed by atoms with Gasteiger partial charge in [-0.05, 0) is 26.0 Å².